The number of carbonyl (C=O) groups excluding carboxylic acids is 2. The number of piperidine rings is 1. The van der Waals surface area contributed by atoms with Gasteiger partial charge in [0.2, 0.25) is 15.9 Å². The zero-order valence-electron chi connectivity index (χ0n) is 19.7. The van der Waals surface area contributed by atoms with Crippen molar-refractivity contribution in [2.24, 2.45) is 5.92 Å². The molecule has 4 rings (SSSR count). The zero-order valence-corrected chi connectivity index (χ0v) is 20.5. The Morgan fingerprint density at radius 1 is 1.24 bits per heavy atom. The van der Waals surface area contributed by atoms with Gasteiger partial charge in [-0.25, -0.2) is 8.42 Å². The van der Waals surface area contributed by atoms with E-state index in [0.717, 1.165) is 5.56 Å². The van der Waals surface area contributed by atoms with Crippen LogP contribution in [0.5, 0.6) is 11.5 Å². The second-order valence-electron chi connectivity index (χ2n) is 8.76. The first-order valence-electron chi connectivity index (χ1n) is 11.2. The van der Waals surface area contributed by atoms with Crippen molar-refractivity contribution in [3.8, 4) is 11.5 Å². The Morgan fingerprint density at radius 2 is 2.00 bits per heavy atom. The molecule has 1 fully saturated rings. The smallest absolute Gasteiger partial charge is 0.265 e. The molecule has 2 heterocycles. The molecule has 2 N–H and O–H groups in total. The first-order chi connectivity index (χ1) is 16.1. The van der Waals surface area contributed by atoms with E-state index in [0.29, 0.717) is 47.8 Å². The Kier molecular flexibility index (Phi) is 6.55. The number of benzene rings is 2. The monoisotopic (exact) mass is 487 g/mol. The van der Waals surface area contributed by atoms with Crippen molar-refractivity contribution >= 4 is 33.2 Å². The maximum absolute atomic E-state index is 13.5. The van der Waals surface area contributed by atoms with Gasteiger partial charge < -0.3 is 20.1 Å². The van der Waals surface area contributed by atoms with Crippen LogP contribution >= 0.6 is 0 Å². The zero-order chi connectivity index (χ0) is 24.6. The fourth-order valence-electron chi connectivity index (χ4n) is 4.29. The van der Waals surface area contributed by atoms with Gasteiger partial charge in [-0.15, -0.1) is 0 Å². The Bertz CT molecular complexity index is 1240. The summed E-state index contributed by atoms with van der Waals surface area (Å²) in [6.45, 7) is 5.59. The predicted molar refractivity (Wildman–Crippen MR) is 128 cm³/mol. The van der Waals surface area contributed by atoms with Crippen LogP contribution in [0.3, 0.4) is 0 Å². The number of hydrogen-bond donors (Lipinski definition) is 2. The number of sulfonamides is 1. The molecule has 9 nitrogen and oxygen atoms in total. The Morgan fingerprint density at radius 3 is 2.74 bits per heavy atom. The van der Waals surface area contributed by atoms with Crippen molar-refractivity contribution in [1.29, 1.82) is 0 Å². The van der Waals surface area contributed by atoms with E-state index >= 15 is 0 Å². The second kappa shape index (κ2) is 9.27. The highest BCUT2D eigenvalue weighted by Crippen LogP contribution is 2.36. The van der Waals surface area contributed by atoms with Crippen LogP contribution < -0.4 is 20.1 Å². The van der Waals surface area contributed by atoms with Crippen LogP contribution in [-0.4, -0.2) is 50.8 Å². The third kappa shape index (κ3) is 4.60. The van der Waals surface area contributed by atoms with Gasteiger partial charge in [0.1, 0.15) is 11.5 Å². The van der Waals surface area contributed by atoms with Crippen molar-refractivity contribution in [3.63, 3.8) is 0 Å². The number of carbonyl (C=O) groups is 2. The molecular weight excluding hydrogens is 458 g/mol. The van der Waals surface area contributed by atoms with E-state index in [2.05, 4.69) is 10.6 Å². The first kappa shape index (κ1) is 24.0. The number of fused-ring (bicyclic) bond motifs is 1. The van der Waals surface area contributed by atoms with Gasteiger partial charge in [0.25, 0.3) is 5.91 Å². The van der Waals surface area contributed by atoms with E-state index in [4.69, 9.17) is 9.47 Å². The van der Waals surface area contributed by atoms with Gasteiger partial charge in [-0.3, -0.25) is 9.59 Å². The summed E-state index contributed by atoms with van der Waals surface area (Å²) in [6.07, 6.45) is 0.435. The van der Waals surface area contributed by atoms with Gasteiger partial charge in [0.05, 0.1) is 29.3 Å². The fourth-order valence-corrected chi connectivity index (χ4v) is 6.03. The number of methoxy groups -OCH3 is 1. The van der Waals surface area contributed by atoms with Crippen LogP contribution in [0.25, 0.3) is 0 Å². The standard InChI is InChI=1S/C24H29N3O6S/c1-14-7-8-20(32-4)18(10-14)26-24(29)17-6-5-9-27(13-17)34(30,31)22-12-21-19(11-15(22)2)25-23(28)16(3)33-21/h7-8,10-12,16-17H,5-6,9,13H2,1-4H3,(H,25,28)(H,26,29)/t16-,17-/m0/s1. The number of amides is 2. The Hall–Kier alpha value is -3.11. The van der Waals surface area contributed by atoms with Gasteiger partial charge in [-0.2, -0.15) is 4.31 Å². The Balaban J connectivity index is 1.55. The third-order valence-corrected chi connectivity index (χ3v) is 8.20. The van der Waals surface area contributed by atoms with Crippen molar-refractivity contribution in [3.05, 3.63) is 41.5 Å². The molecule has 34 heavy (non-hydrogen) atoms. The largest absolute Gasteiger partial charge is 0.495 e. The lowest BCUT2D eigenvalue weighted by Gasteiger charge is -2.32. The lowest BCUT2D eigenvalue weighted by molar-refractivity contribution is -0.123. The number of aryl methyl sites for hydroxylation is 2. The van der Waals surface area contributed by atoms with E-state index in [1.54, 1.807) is 26.0 Å². The average molecular weight is 488 g/mol. The predicted octanol–water partition coefficient (Wildman–Crippen LogP) is 3.07. The number of nitrogens with zero attached hydrogens (tertiary/aromatic N) is 1. The molecule has 0 spiro atoms. The minimum atomic E-state index is -3.88. The Labute approximate surface area is 199 Å². The van der Waals surface area contributed by atoms with Crippen molar-refractivity contribution in [2.75, 3.05) is 30.8 Å². The highest BCUT2D eigenvalue weighted by atomic mass is 32.2. The summed E-state index contributed by atoms with van der Waals surface area (Å²) < 4.78 is 39.4. The fraction of sp³-hybridized carbons (Fsp3) is 0.417. The van der Waals surface area contributed by atoms with E-state index in [9.17, 15) is 18.0 Å². The molecule has 1 saturated heterocycles. The minimum Gasteiger partial charge on any atom is -0.495 e. The average Bonchev–Trinajstić information content (AvgIpc) is 2.80. The SMILES string of the molecule is COc1ccc(C)cc1NC(=O)[C@H]1CCCN(S(=O)(=O)c2cc3c(cc2C)NC(=O)[C@H](C)O3)C1. The summed E-state index contributed by atoms with van der Waals surface area (Å²) in [5, 5.41) is 5.63. The number of anilines is 2. The summed E-state index contributed by atoms with van der Waals surface area (Å²) in [6, 6.07) is 8.55. The molecular formula is C24H29N3O6S. The molecule has 2 aromatic carbocycles. The van der Waals surface area contributed by atoms with E-state index in [1.165, 1.54) is 17.5 Å². The van der Waals surface area contributed by atoms with Crippen molar-refractivity contribution < 1.29 is 27.5 Å². The molecule has 0 saturated carbocycles. The molecule has 10 heteroatoms. The molecule has 0 bridgehead atoms. The van der Waals surface area contributed by atoms with Crippen LogP contribution in [0.2, 0.25) is 0 Å². The number of rotatable bonds is 5. The van der Waals surface area contributed by atoms with E-state index in [1.807, 2.05) is 19.1 Å². The normalized spacial score (nSPS) is 20.6. The maximum Gasteiger partial charge on any atom is 0.265 e. The topological polar surface area (TPSA) is 114 Å². The molecule has 0 radical (unpaired) electrons. The summed E-state index contributed by atoms with van der Waals surface area (Å²) >= 11 is 0. The molecule has 2 aromatic rings. The molecule has 182 valence electrons. The van der Waals surface area contributed by atoms with Gasteiger partial charge >= 0.3 is 0 Å². The van der Waals surface area contributed by atoms with Crippen LogP contribution in [0.4, 0.5) is 11.4 Å². The molecule has 2 aliphatic rings. The number of hydrogen-bond acceptors (Lipinski definition) is 6. The molecule has 2 atom stereocenters. The lowest BCUT2D eigenvalue weighted by Crippen LogP contribution is -2.44. The highest BCUT2D eigenvalue weighted by molar-refractivity contribution is 7.89. The quantitative estimate of drug-likeness (QED) is 0.670. The van der Waals surface area contributed by atoms with E-state index < -0.39 is 22.0 Å². The molecule has 0 unspecified atom stereocenters. The summed E-state index contributed by atoms with van der Waals surface area (Å²) in [5.41, 5.74) is 2.47. The van der Waals surface area contributed by atoms with Crippen molar-refractivity contribution in [2.45, 2.75) is 44.6 Å². The summed E-state index contributed by atoms with van der Waals surface area (Å²) in [7, 11) is -2.35. The molecule has 0 aromatic heterocycles. The van der Waals surface area contributed by atoms with Gasteiger partial charge in [0, 0.05) is 19.2 Å². The molecule has 2 amide bonds. The summed E-state index contributed by atoms with van der Waals surface area (Å²) in [5.74, 6) is -0.162. The van der Waals surface area contributed by atoms with Crippen LogP contribution in [-0.2, 0) is 19.6 Å². The van der Waals surface area contributed by atoms with Gasteiger partial charge in [-0.05, 0) is 62.9 Å². The number of ether oxygens (including phenoxy) is 2. The molecule has 2 aliphatic heterocycles. The molecule has 0 aliphatic carbocycles. The van der Waals surface area contributed by atoms with Crippen molar-refractivity contribution in [1.82, 2.24) is 4.31 Å². The van der Waals surface area contributed by atoms with Crippen LogP contribution in [0.15, 0.2) is 35.2 Å². The summed E-state index contributed by atoms with van der Waals surface area (Å²) in [4.78, 5) is 25.0. The van der Waals surface area contributed by atoms with Gasteiger partial charge in [-0.1, -0.05) is 6.07 Å². The highest BCUT2D eigenvalue weighted by Gasteiger charge is 2.35. The lowest BCUT2D eigenvalue weighted by atomic mass is 9.98. The second-order valence-corrected chi connectivity index (χ2v) is 10.7. The number of nitrogens with one attached hydrogen (secondary N) is 2. The van der Waals surface area contributed by atoms with E-state index in [-0.39, 0.29) is 23.3 Å². The van der Waals surface area contributed by atoms with Crippen LogP contribution in [0.1, 0.15) is 30.9 Å². The van der Waals surface area contributed by atoms with Crippen LogP contribution in [0, 0.1) is 19.8 Å². The maximum atomic E-state index is 13.5. The third-order valence-electron chi connectivity index (χ3n) is 6.19. The minimum absolute atomic E-state index is 0.0762. The van der Waals surface area contributed by atoms with Gasteiger partial charge in [0.15, 0.2) is 6.10 Å². The first-order valence-corrected chi connectivity index (χ1v) is 12.6.